The fourth-order valence-electron chi connectivity index (χ4n) is 2.87. The lowest BCUT2D eigenvalue weighted by Crippen LogP contribution is -2.38. The third-order valence-electron chi connectivity index (χ3n) is 3.80. The molecular formula is C16H25NO. The largest absolute Gasteiger partial charge is 0.379 e. The highest BCUT2D eigenvalue weighted by Crippen LogP contribution is 2.39. The molecule has 1 atom stereocenters. The highest BCUT2D eigenvalue weighted by atomic mass is 16.5. The Morgan fingerprint density at radius 1 is 1.17 bits per heavy atom. The predicted octanol–water partition coefficient (Wildman–Crippen LogP) is 4.06. The summed E-state index contributed by atoms with van der Waals surface area (Å²) in [5.74, 6) is 0. The Kier molecular flexibility index (Phi) is 3.18. The number of nitrogens with one attached hydrogen (secondary N) is 1. The molecule has 18 heavy (non-hydrogen) atoms. The normalized spacial score (nSPS) is 25.1. The number of hydrogen-bond acceptors (Lipinski definition) is 2. The van der Waals surface area contributed by atoms with Crippen LogP contribution in [0.3, 0.4) is 0 Å². The molecule has 2 heteroatoms. The Morgan fingerprint density at radius 3 is 2.39 bits per heavy atom. The zero-order valence-electron chi connectivity index (χ0n) is 12.4. The topological polar surface area (TPSA) is 21.3 Å². The first-order valence-electron chi connectivity index (χ1n) is 6.74. The summed E-state index contributed by atoms with van der Waals surface area (Å²) in [5.41, 5.74) is 3.65. The van der Waals surface area contributed by atoms with Gasteiger partial charge in [0.05, 0.1) is 17.2 Å². The molecule has 1 heterocycles. The summed E-state index contributed by atoms with van der Waals surface area (Å²) < 4.78 is 6.13. The molecular weight excluding hydrogens is 222 g/mol. The number of benzene rings is 1. The van der Waals surface area contributed by atoms with Crippen molar-refractivity contribution in [2.75, 3.05) is 5.32 Å². The van der Waals surface area contributed by atoms with E-state index < -0.39 is 0 Å². The molecule has 0 saturated carbocycles. The molecule has 0 aromatic heterocycles. The number of hydrogen-bond donors (Lipinski definition) is 1. The van der Waals surface area contributed by atoms with Crippen molar-refractivity contribution in [2.24, 2.45) is 0 Å². The average molecular weight is 247 g/mol. The van der Waals surface area contributed by atoms with Gasteiger partial charge in [0.2, 0.25) is 0 Å². The van der Waals surface area contributed by atoms with Crippen LogP contribution in [0.5, 0.6) is 0 Å². The van der Waals surface area contributed by atoms with Gasteiger partial charge in [0.15, 0.2) is 0 Å². The molecule has 1 saturated heterocycles. The van der Waals surface area contributed by atoms with Gasteiger partial charge in [-0.25, -0.2) is 0 Å². The second-order valence-electron chi connectivity index (χ2n) is 6.68. The van der Waals surface area contributed by atoms with Gasteiger partial charge in [-0.15, -0.1) is 0 Å². The van der Waals surface area contributed by atoms with E-state index in [9.17, 15) is 0 Å². The Balaban J connectivity index is 2.21. The van der Waals surface area contributed by atoms with Crippen LogP contribution < -0.4 is 5.32 Å². The van der Waals surface area contributed by atoms with Crippen LogP contribution in [0.1, 0.15) is 45.2 Å². The molecule has 0 radical (unpaired) electrons. The van der Waals surface area contributed by atoms with E-state index in [1.54, 1.807) is 0 Å². The van der Waals surface area contributed by atoms with Crippen molar-refractivity contribution in [3.63, 3.8) is 0 Å². The van der Waals surface area contributed by atoms with Gasteiger partial charge in [0, 0.05) is 5.69 Å². The molecule has 100 valence electrons. The van der Waals surface area contributed by atoms with E-state index in [1.165, 1.54) is 16.8 Å². The minimum Gasteiger partial charge on any atom is -0.379 e. The maximum Gasteiger partial charge on any atom is 0.0834 e. The number of ether oxygens (including phenoxy) is 1. The third-order valence-corrected chi connectivity index (χ3v) is 3.80. The second-order valence-corrected chi connectivity index (χ2v) is 6.68. The van der Waals surface area contributed by atoms with E-state index in [-0.39, 0.29) is 11.2 Å². The van der Waals surface area contributed by atoms with Crippen LogP contribution in [0.4, 0.5) is 5.69 Å². The summed E-state index contributed by atoms with van der Waals surface area (Å²) in [6, 6.07) is 6.90. The fourth-order valence-corrected chi connectivity index (χ4v) is 2.87. The summed E-state index contributed by atoms with van der Waals surface area (Å²) in [6.45, 7) is 13.0. The van der Waals surface area contributed by atoms with E-state index >= 15 is 0 Å². The number of anilines is 1. The maximum atomic E-state index is 6.13. The average Bonchev–Trinajstić information content (AvgIpc) is 2.40. The zero-order chi connectivity index (χ0) is 13.6. The van der Waals surface area contributed by atoms with E-state index in [0.29, 0.717) is 6.04 Å². The van der Waals surface area contributed by atoms with Crippen LogP contribution in [0, 0.1) is 13.8 Å². The van der Waals surface area contributed by atoms with Crippen molar-refractivity contribution in [2.45, 2.75) is 65.2 Å². The molecule has 0 bridgehead atoms. The molecule has 0 amide bonds. The Hall–Kier alpha value is -1.02. The van der Waals surface area contributed by atoms with Gasteiger partial charge >= 0.3 is 0 Å². The smallest absolute Gasteiger partial charge is 0.0834 e. The van der Waals surface area contributed by atoms with Gasteiger partial charge < -0.3 is 10.1 Å². The van der Waals surface area contributed by atoms with Crippen LogP contribution in [-0.2, 0) is 4.74 Å². The summed E-state index contributed by atoms with van der Waals surface area (Å²) in [7, 11) is 0. The monoisotopic (exact) mass is 247 g/mol. The van der Waals surface area contributed by atoms with Crippen molar-refractivity contribution in [1.29, 1.82) is 0 Å². The van der Waals surface area contributed by atoms with Gasteiger partial charge in [-0.1, -0.05) is 12.1 Å². The molecule has 1 aromatic rings. The maximum absolute atomic E-state index is 6.13. The fraction of sp³-hybridized carbons (Fsp3) is 0.625. The molecule has 0 aliphatic carbocycles. The third kappa shape index (κ3) is 2.69. The highest BCUT2D eigenvalue weighted by Gasteiger charge is 2.45. The Morgan fingerprint density at radius 2 is 1.83 bits per heavy atom. The standard InChI is InChI=1S/C16H25NO/c1-11-7-8-12(2)13(9-11)17-14-10-15(3,4)18-16(14,5)6/h7-9,14,17H,10H2,1-6H3. The summed E-state index contributed by atoms with van der Waals surface area (Å²) >= 11 is 0. The van der Waals surface area contributed by atoms with Gasteiger partial charge in [0.1, 0.15) is 0 Å². The van der Waals surface area contributed by atoms with E-state index in [4.69, 9.17) is 4.74 Å². The van der Waals surface area contributed by atoms with Crippen LogP contribution in [0.25, 0.3) is 0 Å². The summed E-state index contributed by atoms with van der Waals surface area (Å²) in [4.78, 5) is 0. The first kappa shape index (κ1) is 13.4. The van der Waals surface area contributed by atoms with Crippen molar-refractivity contribution in [1.82, 2.24) is 0 Å². The van der Waals surface area contributed by atoms with Crippen LogP contribution in [0.15, 0.2) is 18.2 Å². The van der Waals surface area contributed by atoms with Crippen molar-refractivity contribution in [3.05, 3.63) is 29.3 Å². The van der Waals surface area contributed by atoms with Crippen LogP contribution >= 0.6 is 0 Å². The Labute approximate surface area is 111 Å². The lowest BCUT2D eigenvalue weighted by Gasteiger charge is -2.29. The molecule has 1 aliphatic heterocycles. The zero-order valence-corrected chi connectivity index (χ0v) is 12.4. The number of aryl methyl sites for hydroxylation is 2. The molecule has 1 aromatic carbocycles. The SMILES string of the molecule is Cc1ccc(C)c(NC2CC(C)(C)OC2(C)C)c1. The van der Waals surface area contributed by atoms with E-state index in [2.05, 4.69) is 65.1 Å². The van der Waals surface area contributed by atoms with Crippen molar-refractivity contribution in [3.8, 4) is 0 Å². The first-order chi connectivity index (χ1) is 8.20. The molecule has 2 rings (SSSR count). The molecule has 1 N–H and O–H groups in total. The van der Waals surface area contributed by atoms with Crippen molar-refractivity contribution >= 4 is 5.69 Å². The molecule has 1 aliphatic rings. The van der Waals surface area contributed by atoms with Gasteiger partial charge in [-0.2, -0.15) is 0 Å². The molecule has 1 fully saturated rings. The second kappa shape index (κ2) is 4.27. The van der Waals surface area contributed by atoms with Crippen LogP contribution in [-0.4, -0.2) is 17.2 Å². The first-order valence-corrected chi connectivity index (χ1v) is 6.74. The number of rotatable bonds is 2. The van der Waals surface area contributed by atoms with Gasteiger partial charge in [-0.3, -0.25) is 0 Å². The molecule has 0 spiro atoms. The molecule has 2 nitrogen and oxygen atoms in total. The minimum atomic E-state index is -0.125. The lowest BCUT2D eigenvalue weighted by atomic mass is 9.94. The quantitative estimate of drug-likeness (QED) is 0.851. The summed E-state index contributed by atoms with van der Waals surface area (Å²) in [5, 5.41) is 3.67. The minimum absolute atomic E-state index is 0.0428. The Bertz CT molecular complexity index is 448. The highest BCUT2D eigenvalue weighted by molar-refractivity contribution is 5.53. The predicted molar refractivity (Wildman–Crippen MR) is 77.2 cm³/mol. The summed E-state index contributed by atoms with van der Waals surface area (Å²) in [6.07, 6.45) is 1.04. The van der Waals surface area contributed by atoms with Crippen LogP contribution in [0.2, 0.25) is 0 Å². The van der Waals surface area contributed by atoms with Gasteiger partial charge in [0.25, 0.3) is 0 Å². The van der Waals surface area contributed by atoms with Crippen molar-refractivity contribution < 1.29 is 4.74 Å². The van der Waals surface area contributed by atoms with E-state index in [0.717, 1.165) is 6.42 Å². The van der Waals surface area contributed by atoms with Gasteiger partial charge in [-0.05, 0) is 65.2 Å². The van der Waals surface area contributed by atoms with E-state index in [1.807, 2.05) is 0 Å². The molecule has 1 unspecified atom stereocenters. The lowest BCUT2D eigenvalue weighted by molar-refractivity contribution is -0.0662.